The van der Waals surface area contributed by atoms with Gasteiger partial charge >= 0.3 is 12.4 Å². The molecule has 0 amide bonds. The van der Waals surface area contributed by atoms with Crippen LogP contribution >= 0.6 is 0 Å². The molecule has 0 radical (unpaired) electrons. The summed E-state index contributed by atoms with van der Waals surface area (Å²) in [6, 6.07) is 12.7. The first-order chi connectivity index (χ1) is 12.1. The van der Waals surface area contributed by atoms with Crippen LogP contribution in [0.1, 0.15) is 11.1 Å². The minimum Gasteiger partial charge on any atom is -0.159 e. The quantitative estimate of drug-likeness (QED) is 0.269. The molecule has 0 atom stereocenters. The lowest BCUT2D eigenvalue weighted by Gasteiger charge is -2.04. The number of hydrogen-bond donors (Lipinski definition) is 0. The fraction of sp³-hybridized carbons (Fsp3) is 0.100. The molecule has 0 fully saturated rings. The Morgan fingerprint density at radius 3 is 1.23 bits per heavy atom. The van der Waals surface area contributed by atoms with Gasteiger partial charge in [-0.1, -0.05) is 24.0 Å². The van der Waals surface area contributed by atoms with Crippen LogP contribution in [0.25, 0.3) is 21.5 Å². The van der Waals surface area contributed by atoms with Gasteiger partial charge in [-0.25, -0.2) is 0 Å². The highest BCUT2D eigenvalue weighted by atomic mass is 19.4. The molecule has 0 spiro atoms. The average molecular weight is 362 g/mol. The molecular weight excluding hydrogens is 354 g/mol. The third-order valence-electron chi connectivity index (χ3n) is 3.49. The summed E-state index contributed by atoms with van der Waals surface area (Å²) in [5, 5.41) is 2.83. The molecule has 0 nitrogen and oxygen atoms in total. The molecule has 0 aliphatic heterocycles. The van der Waals surface area contributed by atoms with Crippen LogP contribution in [0.2, 0.25) is 0 Å². The van der Waals surface area contributed by atoms with E-state index >= 15 is 0 Å². The smallest absolute Gasteiger partial charge is 0.159 e. The summed E-state index contributed by atoms with van der Waals surface area (Å²) in [7, 11) is 0. The lowest BCUT2D eigenvalue weighted by Crippen LogP contribution is -2.01. The molecule has 0 saturated heterocycles. The zero-order chi connectivity index (χ0) is 18.9. The Bertz CT molecular complexity index is 1020. The first-order valence-corrected chi connectivity index (χ1v) is 7.26. The lowest BCUT2D eigenvalue weighted by atomic mass is 10.0. The molecule has 0 bridgehead atoms. The Morgan fingerprint density at radius 1 is 0.500 bits per heavy atom. The maximum Gasteiger partial charge on any atom is 0.458 e. The average Bonchev–Trinajstić information content (AvgIpc) is 2.54. The molecule has 3 aromatic rings. The molecule has 6 heteroatoms. The summed E-state index contributed by atoms with van der Waals surface area (Å²) < 4.78 is 73.1. The SMILES string of the molecule is FC(F)(F)C#Cc1ccc2cc3cc(C#CC(F)(F)F)ccc3cc2c1. The first-order valence-electron chi connectivity index (χ1n) is 7.26. The van der Waals surface area contributed by atoms with Crippen molar-refractivity contribution in [3.05, 3.63) is 59.7 Å². The minimum absolute atomic E-state index is 0.224. The molecule has 0 aliphatic carbocycles. The van der Waals surface area contributed by atoms with E-state index in [4.69, 9.17) is 0 Å². The number of benzene rings is 3. The molecule has 0 N–H and O–H groups in total. The minimum atomic E-state index is -4.56. The molecule has 0 aromatic heterocycles. The van der Waals surface area contributed by atoms with Gasteiger partial charge < -0.3 is 0 Å². The van der Waals surface area contributed by atoms with Crippen LogP contribution in [0.5, 0.6) is 0 Å². The summed E-state index contributed by atoms with van der Waals surface area (Å²) >= 11 is 0. The van der Waals surface area contributed by atoms with Crippen molar-refractivity contribution in [3.8, 4) is 23.7 Å². The second-order valence-electron chi connectivity index (χ2n) is 5.47. The van der Waals surface area contributed by atoms with E-state index in [9.17, 15) is 26.3 Å². The fourth-order valence-electron chi connectivity index (χ4n) is 2.44. The van der Waals surface area contributed by atoms with Crippen molar-refractivity contribution in [1.29, 1.82) is 0 Å². The normalized spacial score (nSPS) is 11.6. The van der Waals surface area contributed by atoms with Gasteiger partial charge in [-0.15, -0.1) is 0 Å². The highest BCUT2D eigenvalue weighted by Crippen LogP contribution is 2.25. The first kappa shape index (κ1) is 17.7. The maximum absolute atomic E-state index is 12.2. The molecule has 0 heterocycles. The van der Waals surface area contributed by atoms with Crippen LogP contribution < -0.4 is 0 Å². The van der Waals surface area contributed by atoms with E-state index in [2.05, 4.69) is 11.8 Å². The highest BCUT2D eigenvalue weighted by molar-refractivity contribution is 5.99. The molecule has 26 heavy (non-hydrogen) atoms. The van der Waals surface area contributed by atoms with E-state index in [0.717, 1.165) is 10.8 Å². The second kappa shape index (κ2) is 6.31. The Labute approximate surface area is 144 Å². The second-order valence-corrected chi connectivity index (χ2v) is 5.47. The van der Waals surface area contributed by atoms with E-state index in [0.29, 0.717) is 10.8 Å². The number of rotatable bonds is 0. The summed E-state index contributed by atoms with van der Waals surface area (Å²) in [6.45, 7) is 0. The molecular formula is C20H8F6. The topological polar surface area (TPSA) is 0 Å². The van der Waals surface area contributed by atoms with Crippen LogP contribution in [-0.4, -0.2) is 12.4 Å². The maximum atomic E-state index is 12.2. The monoisotopic (exact) mass is 362 g/mol. The Hall–Kier alpha value is -3.12. The summed E-state index contributed by atoms with van der Waals surface area (Å²) in [6.07, 6.45) is -9.13. The third-order valence-corrected chi connectivity index (χ3v) is 3.49. The highest BCUT2D eigenvalue weighted by Gasteiger charge is 2.23. The number of halogens is 6. The fourth-order valence-corrected chi connectivity index (χ4v) is 2.44. The summed E-state index contributed by atoms with van der Waals surface area (Å²) in [4.78, 5) is 0. The van der Waals surface area contributed by atoms with Crippen molar-refractivity contribution in [2.24, 2.45) is 0 Å². The molecule has 3 aromatic carbocycles. The number of hydrogen-bond acceptors (Lipinski definition) is 0. The van der Waals surface area contributed by atoms with E-state index in [1.54, 1.807) is 24.3 Å². The van der Waals surface area contributed by atoms with Crippen molar-refractivity contribution >= 4 is 21.5 Å². The van der Waals surface area contributed by atoms with Crippen LogP contribution in [-0.2, 0) is 0 Å². The zero-order valence-electron chi connectivity index (χ0n) is 12.9. The summed E-state index contributed by atoms with van der Waals surface area (Å²) in [5.74, 6) is 6.56. The standard InChI is InChI=1S/C20H8F6/c21-19(22,23)7-5-13-1-3-15-11-18-10-14(6-8-20(24,25)26)2-4-16(18)12-17(15)9-13/h1-4,9-12H. The van der Waals surface area contributed by atoms with Gasteiger partial charge in [-0.3, -0.25) is 0 Å². The number of fused-ring (bicyclic) bond motifs is 2. The van der Waals surface area contributed by atoms with Crippen molar-refractivity contribution < 1.29 is 26.3 Å². The van der Waals surface area contributed by atoms with Gasteiger partial charge in [-0.2, -0.15) is 26.3 Å². The van der Waals surface area contributed by atoms with Gasteiger partial charge in [0.2, 0.25) is 0 Å². The third kappa shape index (κ3) is 4.49. The van der Waals surface area contributed by atoms with Crippen LogP contribution in [0, 0.1) is 23.7 Å². The Balaban J connectivity index is 2.04. The Kier molecular flexibility index (Phi) is 4.29. The molecule has 0 aliphatic rings. The van der Waals surface area contributed by atoms with Gasteiger partial charge in [0.25, 0.3) is 0 Å². The largest absolute Gasteiger partial charge is 0.458 e. The Morgan fingerprint density at radius 2 is 0.885 bits per heavy atom. The predicted octanol–water partition coefficient (Wildman–Crippen LogP) is 5.82. The van der Waals surface area contributed by atoms with E-state index in [-0.39, 0.29) is 11.1 Å². The van der Waals surface area contributed by atoms with E-state index in [1.807, 2.05) is 0 Å². The lowest BCUT2D eigenvalue weighted by molar-refractivity contribution is -0.0706. The summed E-state index contributed by atoms with van der Waals surface area (Å²) in [5.41, 5.74) is 0.448. The van der Waals surface area contributed by atoms with Gasteiger partial charge in [0.05, 0.1) is 0 Å². The number of alkyl halides is 6. The molecule has 3 rings (SSSR count). The zero-order valence-corrected chi connectivity index (χ0v) is 12.9. The van der Waals surface area contributed by atoms with Crippen molar-refractivity contribution in [2.75, 3.05) is 0 Å². The van der Waals surface area contributed by atoms with Gasteiger partial charge in [0.15, 0.2) is 0 Å². The van der Waals surface area contributed by atoms with Gasteiger partial charge in [0, 0.05) is 23.0 Å². The van der Waals surface area contributed by atoms with Crippen LogP contribution in [0.3, 0.4) is 0 Å². The molecule has 0 saturated carbocycles. The molecule has 0 unspecified atom stereocenters. The van der Waals surface area contributed by atoms with Crippen LogP contribution in [0.4, 0.5) is 26.3 Å². The van der Waals surface area contributed by atoms with Crippen LogP contribution in [0.15, 0.2) is 48.5 Å². The van der Waals surface area contributed by atoms with Crippen molar-refractivity contribution in [1.82, 2.24) is 0 Å². The van der Waals surface area contributed by atoms with Gasteiger partial charge in [0.1, 0.15) is 0 Å². The molecule has 130 valence electrons. The van der Waals surface area contributed by atoms with Crippen molar-refractivity contribution in [3.63, 3.8) is 0 Å². The van der Waals surface area contributed by atoms with E-state index < -0.39 is 12.4 Å². The predicted molar refractivity (Wildman–Crippen MR) is 87.3 cm³/mol. The van der Waals surface area contributed by atoms with Crippen molar-refractivity contribution in [2.45, 2.75) is 12.4 Å². The van der Waals surface area contributed by atoms with Gasteiger partial charge in [-0.05, 0) is 57.9 Å². The van der Waals surface area contributed by atoms with E-state index in [1.165, 1.54) is 36.1 Å².